The van der Waals surface area contributed by atoms with E-state index in [0.29, 0.717) is 6.04 Å². The number of nitrogens with one attached hydrogen (secondary N) is 1. The van der Waals surface area contributed by atoms with E-state index in [0.717, 1.165) is 44.2 Å². The standard InChI is InChI=1S/C12H19N3O/c1-10(11-2-6-16-7-3-11)15-9-12-8-13-4-5-14-12/h4-5,8,10-11,15H,2-3,6-7,9H2,1H3. The molecule has 1 unspecified atom stereocenters. The average molecular weight is 221 g/mol. The largest absolute Gasteiger partial charge is 0.381 e. The maximum Gasteiger partial charge on any atom is 0.0724 e. The summed E-state index contributed by atoms with van der Waals surface area (Å²) < 4.78 is 5.36. The van der Waals surface area contributed by atoms with Crippen LogP contribution in [0.15, 0.2) is 18.6 Å². The van der Waals surface area contributed by atoms with E-state index in [1.807, 2.05) is 6.20 Å². The fraction of sp³-hybridized carbons (Fsp3) is 0.667. The molecule has 0 saturated carbocycles. The monoisotopic (exact) mass is 221 g/mol. The van der Waals surface area contributed by atoms with Crippen LogP contribution in [-0.2, 0) is 11.3 Å². The van der Waals surface area contributed by atoms with Crippen LogP contribution in [0.3, 0.4) is 0 Å². The zero-order valence-corrected chi connectivity index (χ0v) is 9.72. The van der Waals surface area contributed by atoms with Crippen molar-refractivity contribution in [2.75, 3.05) is 13.2 Å². The third-order valence-electron chi connectivity index (χ3n) is 3.19. The minimum Gasteiger partial charge on any atom is -0.381 e. The fourth-order valence-electron chi connectivity index (χ4n) is 2.07. The summed E-state index contributed by atoms with van der Waals surface area (Å²) in [4.78, 5) is 8.30. The molecule has 1 aliphatic rings. The fourth-order valence-corrected chi connectivity index (χ4v) is 2.07. The lowest BCUT2D eigenvalue weighted by atomic mass is 9.93. The zero-order chi connectivity index (χ0) is 11.2. The second-order valence-electron chi connectivity index (χ2n) is 4.32. The summed E-state index contributed by atoms with van der Waals surface area (Å²) in [5.74, 6) is 0.727. The summed E-state index contributed by atoms with van der Waals surface area (Å²) in [6.07, 6.45) is 7.56. The van der Waals surface area contributed by atoms with Crippen molar-refractivity contribution in [3.8, 4) is 0 Å². The predicted octanol–water partition coefficient (Wildman–Crippen LogP) is 1.38. The van der Waals surface area contributed by atoms with Gasteiger partial charge in [0.1, 0.15) is 0 Å². The lowest BCUT2D eigenvalue weighted by Crippen LogP contribution is -2.36. The molecule has 0 bridgehead atoms. The van der Waals surface area contributed by atoms with Crippen molar-refractivity contribution in [2.45, 2.75) is 32.4 Å². The molecule has 0 spiro atoms. The number of rotatable bonds is 4. The van der Waals surface area contributed by atoms with Crippen LogP contribution in [0.5, 0.6) is 0 Å². The quantitative estimate of drug-likeness (QED) is 0.834. The second-order valence-corrected chi connectivity index (χ2v) is 4.32. The highest BCUT2D eigenvalue weighted by Crippen LogP contribution is 2.18. The molecule has 1 aliphatic heterocycles. The van der Waals surface area contributed by atoms with Crippen molar-refractivity contribution < 1.29 is 4.74 Å². The molecule has 1 aromatic heterocycles. The first-order valence-corrected chi connectivity index (χ1v) is 5.92. The minimum absolute atomic E-state index is 0.519. The van der Waals surface area contributed by atoms with E-state index in [-0.39, 0.29) is 0 Å². The zero-order valence-electron chi connectivity index (χ0n) is 9.72. The van der Waals surface area contributed by atoms with Gasteiger partial charge in [-0.25, -0.2) is 0 Å². The summed E-state index contributed by atoms with van der Waals surface area (Å²) in [6, 6.07) is 0.519. The number of ether oxygens (including phenoxy) is 1. The Bertz CT molecular complexity index is 298. The van der Waals surface area contributed by atoms with Gasteiger partial charge in [-0.1, -0.05) is 0 Å². The van der Waals surface area contributed by atoms with Crippen molar-refractivity contribution in [2.24, 2.45) is 5.92 Å². The highest BCUT2D eigenvalue weighted by Gasteiger charge is 2.19. The number of hydrogen-bond donors (Lipinski definition) is 1. The van der Waals surface area contributed by atoms with Crippen LogP contribution >= 0.6 is 0 Å². The van der Waals surface area contributed by atoms with Crippen LogP contribution in [0.2, 0.25) is 0 Å². The molecule has 4 nitrogen and oxygen atoms in total. The molecular formula is C12H19N3O. The molecule has 1 fully saturated rings. The van der Waals surface area contributed by atoms with Gasteiger partial charge in [0.2, 0.25) is 0 Å². The molecular weight excluding hydrogens is 202 g/mol. The molecule has 0 amide bonds. The number of aromatic nitrogens is 2. The molecule has 16 heavy (non-hydrogen) atoms. The topological polar surface area (TPSA) is 47.0 Å². The Hall–Kier alpha value is -1.00. The third-order valence-corrected chi connectivity index (χ3v) is 3.19. The summed E-state index contributed by atoms with van der Waals surface area (Å²) in [5.41, 5.74) is 1.00. The Balaban J connectivity index is 1.76. The third kappa shape index (κ3) is 3.25. The molecule has 1 aromatic rings. The van der Waals surface area contributed by atoms with Crippen LogP contribution < -0.4 is 5.32 Å². The number of nitrogens with zero attached hydrogens (tertiary/aromatic N) is 2. The van der Waals surface area contributed by atoms with E-state index in [9.17, 15) is 0 Å². The van der Waals surface area contributed by atoms with Crippen LogP contribution in [0.25, 0.3) is 0 Å². The molecule has 0 aliphatic carbocycles. The molecule has 0 radical (unpaired) electrons. The Morgan fingerprint density at radius 2 is 2.25 bits per heavy atom. The van der Waals surface area contributed by atoms with Gasteiger partial charge in [-0.15, -0.1) is 0 Å². The van der Waals surface area contributed by atoms with E-state index in [4.69, 9.17) is 4.74 Å². The Morgan fingerprint density at radius 1 is 1.44 bits per heavy atom. The molecule has 88 valence electrons. The van der Waals surface area contributed by atoms with Crippen LogP contribution in [0, 0.1) is 5.92 Å². The van der Waals surface area contributed by atoms with Gasteiger partial charge in [-0.05, 0) is 25.7 Å². The summed E-state index contributed by atoms with van der Waals surface area (Å²) in [7, 11) is 0. The predicted molar refractivity (Wildman–Crippen MR) is 61.9 cm³/mol. The van der Waals surface area contributed by atoms with Gasteiger partial charge < -0.3 is 10.1 Å². The SMILES string of the molecule is CC(NCc1cnccn1)C1CCOCC1. The summed E-state index contributed by atoms with van der Waals surface area (Å²) in [6.45, 7) is 4.85. The molecule has 2 heterocycles. The van der Waals surface area contributed by atoms with Crippen molar-refractivity contribution >= 4 is 0 Å². The van der Waals surface area contributed by atoms with E-state index in [2.05, 4.69) is 22.2 Å². The first-order chi connectivity index (χ1) is 7.86. The Labute approximate surface area is 96.4 Å². The summed E-state index contributed by atoms with van der Waals surface area (Å²) >= 11 is 0. The normalized spacial score (nSPS) is 19.6. The van der Waals surface area contributed by atoms with E-state index in [1.165, 1.54) is 0 Å². The molecule has 1 N–H and O–H groups in total. The van der Waals surface area contributed by atoms with Crippen molar-refractivity contribution in [3.63, 3.8) is 0 Å². The lowest BCUT2D eigenvalue weighted by molar-refractivity contribution is 0.0557. The first-order valence-electron chi connectivity index (χ1n) is 5.92. The highest BCUT2D eigenvalue weighted by atomic mass is 16.5. The molecule has 2 rings (SSSR count). The molecule has 4 heteroatoms. The minimum atomic E-state index is 0.519. The molecule has 1 saturated heterocycles. The lowest BCUT2D eigenvalue weighted by Gasteiger charge is -2.28. The van der Waals surface area contributed by atoms with Gasteiger partial charge in [0.25, 0.3) is 0 Å². The summed E-state index contributed by atoms with van der Waals surface area (Å²) in [5, 5.41) is 3.51. The smallest absolute Gasteiger partial charge is 0.0724 e. The Kier molecular flexibility index (Phi) is 4.25. The van der Waals surface area contributed by atoms with Gasteiger partial charge in [0, 0.05) is 44.4 Å². The van der Waals surface area contributed by atoms with Crippen molar-refractivity contribution in [1.82, 2.24) is 15.3 Å². The number of hydrogen-bond acceptors (Lipinski definition) is 4. The van der Waals surface area contributed by atoms with Gasteiger partial charge in [-0.3, -0.25) is 9.97 Å². The molecule has 0 aromatic carbocycles. The second kappa shape index (κ2) is 5.92. The average Bonchev–Trinajstić information content (AvgIpc) is 2.38. The van der Waals surface area contributed by atoms with E-state index in [1.54, 1.807) is 12.4 Å². The Morgan fingerprint density at radius 3 is 2.94 bits per heavy atom. The van der Waals surface area contributed by atoms with Crippen molar-refractivity contribution in [1.29, 1.82) is 0 Å². The van der Waals surface area contributed by atoms with E-state index >= 15 is 0 Å². The maximum atomic E-state index is 5.36. The van der Waals surface area contributed by atoms with Crippen LogP contribution in [0.1, 0.15) is 25.5 Å². The first kappa shape index (κ1) is 11.5. The van der Waals surface area contributed by atoms with Crippen LogP contribution in [0.4, 0.5) is 0 Å². The van der Waals surface area contributed by atoms with E-state index < -0.39 is 0 Å². The van der Waals surface area contributed by atoms with Crippen LogP contribution in [-0.4, -0.2) is 29.2 Å². The maximum absolute atomic E-state index is 5.36. The van der Waals surface area contributed by atoms with Gasteiger partial charge in [0.05, 0.1) is 5.69 Å². The molecule has 1 atom stereocenters. The highest BCUT2D eigenvalue weighted by molar-refractivity contribution is 4.94. The van der Waals surface area contributed by atoms with Gasteiger partial charge in [0.15, 0.2) is 0 Å². The van der Waals surface area contributed by atoms with Crippen molar-refractivity contribution in [3.05, 3.63) is 24.3 Å². The van der Waals surface area contributed by atoms with Gasteiger partial charge >= 0.3 is 0 Å². The van der Waals surface area contributed by atoms with Gasteiger partial charge in [-0.2, -0.15) is 0 Å².